The molecule has 0 radical (unpaired) electrons. The number of pyridine rings is 1. The topological polar surface area (TPSA) is 51.2 Å². The summed E-state index contributed by atoms with van der Waals surface area (Å²) in [6.07, 6.45) is 1.47. The first-order valence-electron chi connectivity index (χ1n) is 3.34. The highest BCUT2D eigenvalue weighted by Gasteiger charge is 2.16. The van der Waals surface area contributed by atoms with Crippen LogP contribution in [0, 0.1) is 0 Å². The number of hydrogen-bond donors (Lipinski definition) is 1. The first-order chi connectivity index (χ1) is 5.75. The summed E-state index contributed by atoms with van der Waals surface area (Å²) < 4.78 is 5.01. The number of nitrogens with zero attached hydrogens (tertiary/aromatic N) is 1. The largest absolute Gasteiger partial charge is 0.466 e. The summed E-state index contributed by atoms with van der Waals surface area (Å²) in [4.78, 5) is 14.7. The van der Waals surface area contributed by atoms with Crippen LogP contribution in [0.25, 0.3) is 0 Å². The van der Waals surface area contributed by atoms with Crippen LogP contribution in [-0.2, 0) is 4.79 Å². The van der Waals surface area contributed by atoms with Crippen LogP contribution in [0.2, 0.25) is 5.02 Å². The summed E-state index contributed by atoms with van der Waals surface area (Å²) in [5.41, 5.74) is 0.527. The summed E-state index contributed by atoms with van der Waals surface area (Å²) in [6, 6.07) is 1.60. The molecule has 0 spiro atoms. The minimum atomic E-state index is -0.188. The lowest BCUT2D eigenvalue weighted by molar-refractivity contribution is -0.118. The van der Waals surface area contributed by atoms with E-state index in [1.165, 1.54) is 6.20 Å². The molecule has 62 valence electrons. The van der Waals surface area contributed by atoms with Gasteiger partial charge in [-0.2, -0.15) is 0 Å². The van der Waals surface area contributed by atoms with Crippen molar-refractivity contribution in [2.75, 3.05) is 11.9 Å². The summed E-state index contributed by atoms with van der Waals surface area (Å²) in [6.45, 7) is 0.0155. The second-order valence-electron chi connectivity index (χ2n) is 2.34. The van der Waals surface area contributed by atoms with Gasteiger partial charge in [-0.05, 0) is 6.07 Å². The summed E-state index contributed by atoms with van der Waals surface area (Å²) >= 11 is 5.66. The van der Waals surface area contributed by atoms with E-state index in [0.717, 1.165) is 0 Å². The third kappa shape index (κ3) is 1.21. The molecular weight excluding hydrogens is 180 g/mol. The van der Waals surface area contributed by atoms with E-state index in [-0.39, 0.29) is 12.5 Å². The molecule has 0 saturated carbocycles. The van der Waals surface area contributed by atoms with Crippen molar-refractivity contribution in [2.45, 2.75) is 0 Å². The average Bonchev–Trinajstić information content (AvgIpc) is 2.03. The standard InChI is InChI=1S/C7H5ClN2O2/c8-4-1-5-7(9-2-4)12-3-6(11)10-5/h1-2H,3H2,(H,10,11). The summed E-state index contributed by atoms with van der Waals surface area (Å²) in [7, 11) is 0. The fraction of sp³-hybridized carbons (Fsp3) is 0.143. The molecule has 0 fully saturated rings. The van der Waals surface area contributed by atoms with Gasteiger partial charge in [0.1, 0.15) is 5.69 Å². The van der Waals surface area contributed by atoms with Crippen LogP contribution in [0.3, 0.4) is 0 Å². The van der Waals surface area contributed by atoms with Gasteiger partial charge in [0.25, 0.3) is 5.91 Å². The SMILES string of the molecule is O=C1COc2ncc(Cl)cc2N1. The smallest absolute Gasteiger partial charge is 0.262 e. The second-order valence-corrected chi connectivity index (χ2v) is 2.78. The van der Waals surface area contributed by atoms with Gasteiger partial charge in [-0.1, -0.05) is 11.6 Å². The molecule has 0 atom stereocenters. The van der Waals surface area contributed by atoms with Crippen molar-refractivity contribution in [3.05, 3.63) is 17.3 Å². The molecular formula is C7H5ClN2O2. The second kappa shape index (κ2) is 2.64. The van der Waals surface area contributed by atoms with Crippen LogP contribution in [0.15, 0.2) is 12.3 Å². The van der Waals surface area contributed by atoms with Gasteiger partial charge in [0.2, 0.25) is 5.88 Å². The Labute approximate surface area is 73.5 Å². The van der Waals surface area contributed by atoms with Crippen molar-refractivity contribution >= 4 is 23.2 Å². The first kappa shape index (κ1) is 7.36. The van der Waals surface area contributed by atoms with Crippen LogP contribution >= 0.6 is 11.6 Å². The number of halogens is 1. The molecule has 1 aliphatic rings. The lowest BCUT2D eigenvalue weighted by Gasteiger charge is -2.15. The lowest BCUT2D eigenvalue weighted by Crippen LogP contribution is -2.25. The Morgan fingerprint density at radius 2 is 2.50 bits per heavy atom. The van der Waals surface area contributed by atoms with Crippen molar-refractivity contribution in [1.82, 2.24) is 4.98 Å². The minimum absolute atomic E-state index is 0.0155. The van der Waals surface area contributed by atoms with Crippen molar-refractivity contribution in [3.63, 3.8) is 0 Å². The number of hydrogen-bond acceptors (Lipinski definition) is 3. The number of nitrogens with one attached hydrogen (secondary N) is 1. The summed E-state index contributed by atoms with van der Waals surface area (Å²) in [5.74, 6) is 0.227. The third-order valence-electron chi connectivity index (χ3n) is 1.43. The molecule has 1 amide bonds. The molecule has 2 rings (SSSR count). The van der Waals surface area contributed by atoms with E-state index in [1.807, 2.05) is 0 Å². The zero-order valence-electron chi connectivity index (χ0n) is 6.00. The molecule has 0 unspecified atom stereocenters. The normalized spacial score (nSPS) is 14.6. The van der Waals surface area contributed by atoms with Crippen molar-refractivity contribution in [1.29, 1.82) is 0 Å². The highest BCUT2D eigenvalue weighted by atomic mass is 35.5. The number of fused-ring (bicyclic) bond motifs is 1. The highest BCUT2D eigenvalue weighted by Crippen LogP contribution is 2.26. The van der Waals surface area contributed by atoms with Gasteiger partial charge in [-0.15, -0.1) is 0 Å². The Morgan fingerprint density at radius 1 is 1.67 bits per heavy atom. The predicted molar refractivity (Wildman–Crippen MR) is 43.4 cm³/mol. The zero-order valence-corrected chi connectivity index (χ0v) is 6.76. The Kier molecular flexibility index (Phi) is 1.62. The number of ether oxygens (including phenoxy) is 1. The van der Waals surface area contributed by atoms with E-state index in [2.05, 4.69) is 10.3 Å². The van der Waals surface area contributed by atoms with Gasteiger partial charge in [0, 0.05) is 6.20 Å². The minimum Gasteiger partial charge on any atom is -0.466 e. The number of carbonyl (C=O) groups excluding carboxylic acids is 1. The van der Waals surface area contributed by atoms with Gasteiger partial charge < -0.3 is 10.1 Å². The van der Waals surface area contributed by atoms with Crippen molar-refractivity contribution in [3.8, 4) is 5.88 Å². The van der Waals surface area contributed by atoms with Crippen molar-refractivity contribution in [2.24, 2.45) is 0 Å². The molecule has 1 aromatic heterocycles. The van der Waals surface area contributed by atoms with E-state index in [1.54, 1.807) is 6.07 Å². The molecule has 0 aromatic carbocycles. The molecule has 1 aromatic rings. The van der Waals surface area contributed by atoms with Gasteiger partial charge in [-0.3, -0.25) is 4.79 Å². The van der Waals surface area contributed by atoms with Crippen LogP contribution in [0.1, 0.15) is 0 Å². The van der Waals surface area contributed by atoms with Crippen LogP contribution in [0.4, 0.5) is 5.69 Å². The molecule has 0 bridgehead atoms. The Hall–Kier alpha value is -1.29. The highest BCUT2D eigenvalue weighted by molar-refractivity contribution is 6.30. The lowest BCUT2D eigenvalue weighted by atomic mass is 10.3. The Bertz CT molecular complexity index is 340. The van der Waals surface area contributed by atoms with Gasteiger partial charge in [-0.25, -0.2) is 4.98 Å². The summed E-state index contributed by atoms with van der Waals surface area (Å²) in [5, 5.41) is 3.06. The maximum Gasteiger partial charge on any atom is 0.262 e. The molecule has 1 aliphatic heterocycles. The fourth-order valence-corrected chi connectivity index (χ4v) is 1.11. The molecule has 4 nitrogen and oxygen atoms in total. The third-order valence-corrected chi connectivity index (χ3v) is 1.64. The van der Waals surface area contributed by atoms with Crippen molar-refractivity contribution < 1.29 is 9.53 Å². The van der Waals surface area contributed by atoms with E-state index < -0.39 is 0 Å². The van der Waals surface area contributed by atoms with Gasteiger partial charge in [0.15, 0.2) is 6.61 Å². The van der Waals surface area contributed by atoms with Gasteiger partial charge in [0.05, 0.1) is 5.02 Å². The maximum atomic E-state index is 10.8. The molecule has 12 heavy (non-hydrogen) atoms. The molecule has 1 N–H and O–H groups in total. The van der Waals surface area contributed by atoms with Crippen LogP contribution < -0.4 is 10.1 Å². The number of carbonyl (C=O) groups is 1. The number of rotatable bonds is 0. The maximum absolute atomic E-state index is 10.8. The van der Waals surface area contributed by atoms with E-state index in [9.17, 15) is 4.79 Å². The number of aromatic nitrogens is 1. The van der Waals surface area contributed by atoms with E-state index in [0.29, 0.717) is 16.6 Å². The van der Waals surface area contributed by atoms with Gasteiger partial charge >= 0.3 is 0 Å². The number of anilines is 1. The molecule has 5 heteroatoms. The molecule has 0 aliphatic carbocycles. The average molecular weight is 185 g/mol. The monoisotopic (exact) mass is 184 g/mol. The molecule has 2 heterocycles. The van der Waals surface area contributed by atoms with Crippen LogP contribution in [0.5, 0.6) is 5.88 Å². The Balaban J connectivity index is 2.44. The van der Waals surface area contributed by atoms with Crippen LogP contribution in [-0.4, -0.2) is 17.5 Å². The predicted octanol–water partition coefficient (Wildman–Crippen LogP) is 1.07. The fourth-order valence-electron chi connectivity index (χ4n) is 0.951. The Morgan fingerprint density at radius 3 is 3.33 bits per heavy atom. The number of amides is 1. The zero-order chi connectivity index (χ0) is 8.55. The van der Waals surface area contributed by atoms with E-state index >= 15 is 0 Å². The molecule has 0 saturated heterocycles. The quantitative estimate of drug-likeness (QED) is 0.656. The first-order valence-corrected chi connectivity index (χ1v) is 3.72. The van der Waals surface area contributed by atoms with E-state index in [4.69, 9.17) is 16.3 Å².